The molecule has 9 heteroatoms. The molecule has 4 aromatic rings. The first-order chi connectivity index (χ1) is 17.9. The predicted octanol–water partition coefficient (Wildman–Crippen LogP) is 4.49. The van der Waals surface area contributed by atoms with Gasteiger partial charge in [0.25, 0.3) is 5.91 Å². The summed E-state index contributed by atoms with van der Waals surface area (Å²) in [6.45, 7) is 2.51. The Labute approximate surface area is 214 Å². The molecular formula is C28H28N4O5. The van der Waals surface area contributed by atoms with E-state index in [2.05, 4.69) is 15.7 Å². The van der Waals surface area contributed by atoms with Gasteiger partial charge in [0.15, 0.2) is 5.69 Å². The molecule has 0 bridgehead atoms. The highest BCUT2D eigenvalue weighted by Gasteiger charge is 2.17. The first-order valence-corrected chi connectivity index (χ1v) is 11.6. The summed E-state index contributed by atoms with van der Waals surface area (Å²) in [6.07, 6.45) is 6.18. The van der Waals surface area contributed by atoms with Crippen molar-refractivity contribution in [1.82, 2.24) is 15.1 Å². The van der Waals surface area contributed by atoms with Gasteiger partial charge in [-0.1, -0.05) is 24.3 Å². The maximum atomic E-state index is 12.6. The smallest absolute Gasteiger partial charge is 0.274 e. The summed E-state index contributed by atoms with van der Waals surface area (Å²) in [5, 5.41) is 9.62. The van der Waals surface area contributed by atoms with Crippen molar-refractivity contribution in [3.63, 3.8) is 0 Å². The molecule has 0 saturated heterocycles. The Morgan fingerprint density at radius 3 is 2.70 bits per heavy atom. The maximum Gasteiger partial charge on any atom is 0.274 e. The van der Waals surface area contributed by atoms with E-state index in [4.69, 9.17) is 13.9 Å². The average molecular weight is 501 g/mol. The summed E-state index contributed by atoms with van der Waals surface area (Å²) in [6, 6.07) is 16.9. The number of para-hydroxylation sites is 1. The standard InChI is InChI=1S/C28H28N4O5/c1-19-7-4-5-9-24(19)37-18-21-15-20(10-12-25(21)35-3)11-13-26(33)30-23-17-32(2)31-27(23)28(34)29-16-22-8-6-14-36-22/h4-15,17H,16,18H2,1-3H3,(H,29,34)(H,30,33)/b13-11+. The fourth-order valence-corrected chi connectivity index (χ4v) is 3.65. The Morgan fingerprint density at radius 1 is 1.11 bits per heavy atom. The van der Waals surface area contributed by atoms with Crippen LogP contribution in [0.3, 0.4) is 0 Å². The van der Waals surface area contributed by atoms with Gasteiger partial charge in [-0.2, -0.15) is 5.10 Å². The molecule has 0 saturated carbocycles. The van der Waals surface area contributed by atoms with Gasteiger partial charge >= 0.3 is 0 Å². The number of hydrogen-bond donors (Lipinski definition) is 2. The van der Waals surface area contributed by atoms with E-state index in [1.54, 1.807) is 38.6 Å². The minimum atomic E-state index is -0.426. The molecule has 190 valence electrons. The molecule has 9 nitrogen and oxygen atoms in total. The van der Waals surface area contributed by atoms with E-state index in [1.165, 1.54) is 17.0 Å². The van der Waals surface area contributed by atoms with Crippen LogP contribution in [0.15, 0.2) is 77.6 Å². The van der Waals surface area contributed by atoms with Crippen LogP contribution in [0.2, 0.25) is 0 Å². The number of hydrogen-bond acceptors (Lipinski definition) is 6. The van der Waals surface area contributed by atoms with Crippen LogP contribution in [-0.4, -0.2) is 28.7 Å². The molecule has 0 aliphatic carbocycles. The number of ether oxygens (including phenoxy) is 2. The number of amides is 2. The van der Waals surface area contributed by atoms with Crippen molar-refractivity contribution in [2.24, 2.45) is 7.05 Å². The van der Waals surface area contributed by atoms with Crippen molar-refractivity contribution in [1.29, 1.82) is 0 Å². The Bertz CT molecular complexity index is 1410. The third kappa shape index (κ3) is 6.66. The van der Waals surface area contributed by atoms with Gasteiger partial charge in [-0.15, -0.1) is 0 Å². The highest BCUT2D eigenvalue weighted by atomic mass is 16.5. The van der Waals surface area contributed by atoms with Gasteiger partial charge in [-0.25, -0.2) is 0 Å². The molecule has 4 rings (SSSR count). The number of benzene rings is 2. The largest absolute Gasteiger partial charge is 0.496 e. The summed E-state index contributed by atoms with van der Waals surface area (Å²) in [4.78, 5) is 25.2. The molecular weight excluding hydrogens is 472 g/mol. The van der Waals surface area contributed by atoms with Crippen molar-refractivity contribution in [2.45, 2.75) is 20.1 Å². The van der Waals surface area contributed by atoms with Crippen molar-refractivity contribution in [3.05, 3.63) is 101 Å². The van der Waals surface area contributed by atoms with Crippen LogP contribution in [0.25, 0.3) is 6.08 Å². The van der Waals surface area contributed by atoms with Gasteiger partial charge in [0.05, 0.1) is 25.6 Å². The monoisotopic (exact) mass is 500 g/mol. The molecule has 0 radical (unpaired) electrons. The highest BCUT2D eigenvalue weighted by molar-refractivity contribution is 6.06. The van der Waals surface area contributed by atoms with Crippen LogP contribution in [0, 0.1) is 6.92 Å². The molecule has 0 atom stereocenters. The molecule has 0 unspecified atom stereocenters. The Morgan fingerprint density at radius 2 is 1.95 bits per heavy atom. The number of furan rings is 1. The lowest BCUT2D eigenvalue weighted by Crippen LogP contribution is -2.24. The lowest BCUT2D eigenvalue weighted by Gasteiger charge is -2.12. The van der Waals surface area contributed by atoms with Crippen molar-refractivity contribution in [2.75, 3.05) is 12.4 Å². The summed E-state index contributed by atoms with van der Waals surface area (Å²) in [7, 11) is 3.28. The van der Waals surface area contributed by atoms with Gasteiger partial charge in [0.2, 0.25) is 5.91 Å². The predicted molar refractivity (Wildman–Crippen MR) is 139 cm³/mol. The number of nitrogens with zero attached hydrogens (tertiary/aromatic N) is 2. The first kappa shape index (κ1) is 25.3. The summed E-state index contributed by atoms with van der Waals surface area (Å²) in [5.74, 6) is 1.27. The van der Waals surface area contributed by atoms with E-state index in [1.807, 2.05) is 49.4 Å². The van der Waals surface area contributed by atoms with E-state index >= 15 is 0 Å². The maximum absolute atomic E-state index is 12.6. The Kier molecular flexibility index (Phi) is 8.05. The zero-order valence-corrected chi connectivity index (χ0v) is 20.9. The van der Waals surface area contributed by atoms with E-state index < -0.39 is 11.8 Å². The molecule has 2 heterocycles. The molecule has 0 aliphatic rings. The fourth-order valence-electron chi connectivity index (χ4n) is 3.65. The van der Waals surface area contributed by atoms with Gasteiger partial charge in [0.1, 0.15) is 23.9 Å². The zero-order chi connectivity index (χ0) is 26.2. The number of aromatic nitrogens is 2. The number of aryl methyl sites for hydroxylation is 2. The van der Waals surface area contributed by atoms with Gasteiger partial charge in [-0.05, 0) is 54.5 Å². The normalized spacial score (nSPS) is 10.9. The van der Waals surface area contributed by atoms with Crippen LogP contribution in [-0.2, 0) is 25.0 Å². The molecule has 0 aliphatic heterocycles. The third-order valence-electron chi connectivity index (χ3n) is 5.51. The van der Waals surface area contributed by atoms with Crippen LogP contribution in [0.4, 0.5) is 5.69 Å². The van der Waals surface area contributed by atoms with E-state index in [0.717, 1.165) is 22.4 Å². The van der Waals surface area contributed by atoms with Crippen LogP contribution < -0.4 is 20.1 Å². The number of rotatable bonds is 10. The second kappa shape index (κ2) is 11.8. The van der Waals surface area contributed by atoms with E-state index in [9.17, 15) is 9.59 Å². The zero-order valence-electron chi connectivity index (χ0n) is 20.9. The minimum absolute atomic E-state index is 0.107. The number of methoxy groups -OCH3 is 1. The molecule has 0 spiro atoms. The molecule has 2 aromatic carbocycles. The first-order valence-electron chi connectivity index (χ1n) is 11.6. The lowest BCUT2D eigenvalue weighted by atomic mass is 10.1. The quantitative estimate of drug-likeness (QED) is 0.311. The topological polar surface area (TPSA) is 108 Å². The molecule has 2 amide bonds. The summed E-state index contributed by atoms with van der Waals surface area (Å²) < 4.78 is 18.1. The van der Waals surface area contributed by atoms with E-state index in [-0.39, 0.29) is 12.2 Å². The molecule has 37 heavy (non-hydrogen) atoms. The Hall–Kier alpha value is -4.79. The summed E-state index contributed by atoms with van der Waals surface area (Å²) in [5.41, 5.74) is 3.09. The lowest BCUT2D eigenvalue weighted by molar-refractivity contribution is -0.111. The van der Waals surface area contributed by atoms with E-state index in [0.29, 0.717) is 23.8 Å². The second-order valence-corrected chi connectivity index (χ2v) is 8.28. The average Bonchev–Trinajstić information content (AvgIpc) is 3.55. The van der Waals surface area contributed by atoms with Crippen LogP contribution in [0.5, 0.6) is 11.5 Å². The van der Waals surface area contributed by atoms with Crippen LogP contribution in [0.1, 0.15) is 32.9 Å². The van der Waals surface area contributed by atoms with Crippen molar-refractivity contribution < 1.29 is 23.5 Å². The van der Waals surface area contributed by atoms with Gasteiger partial charge in [0, 0.05) is 24.9 Å². The minimum Gasteiger partial charge on any atom is -0.496 e. The number of carbonyl (C=O) groups is 2. The second-order valence-electron chi connectivity index (χ2n) is 8.28. The molecule has 0 fully saturated rings. The third-order valence-corrected chi connectivity index (χ3v) is 5.51. The molecule has 2 N–H and O–H groups in total. The van der Waals surface area contributed by atoms with Gasteiger partial charge < -0.3 is 24.5 Å². The fraction of sp³-hybridized carbons (Fsp3) is 0.179. The Balaban J connectivity index is 1.41. The molecule has 2 aromatic heterocycles. The number of anilines is 1. The highest BCUT2D eigenvalue weighted by Crippen LogP contribution is 2.24. The SMILES string of the molecule is COc1ccc(/C=C/C(=O)Nc2cn(C)nc2C(=O)NCc2ccco2)cc1COc1ccccc1C. The number of carbonyl (C=O) groups excluding carboxylic acids is 2. The van der Waals surface area contributed by atoms with Crippen molar-refractivity contribution >= 4 is 23.6 Å². The number of nitrogens with one attached hydrogen (secondary N) is 2. The summed E-state index contributed by atoms with van der Waals surface area (Å²) >= 11 is 0. The van der Waals surface area contributed by atoms with Gasteiger partial charge in [-0.3, -0.25) is 14.3 Å². The van der Waals surface area contributed by atoms with Crippen molar-refractivity contribution in [3.8, 4) is 11.5 Å². The van der Waals surface area contributed by atoms with Crippen LogP contribution >= 0.6 is 0 Å².